The van der Waals surface area contributed by atoms with Crippen LogP contribution in [0.5, 0.6) is 0 Å². The average Bonchev–Trinajstić information content (AvgIpc) is 2.86. The van der Waals surface area contributed by atoms with Crippen LogP contribution in [0.3, 0.4) is 0 Å². The molecule has 1 aromatic heterocycles. The summed E-state index contributed by atoms with van der Waals surface area (Å²) in [7, 11) is 1.85. The lowest BCUT2D eigenvalue weighted by atomic mass is 10.1. The number of halogens is 3. The maximum Gasteiger partial charge on any atom is 0.245 e. The van der Waals surface area contributed by atoms with E-state index in [0.717, 1.165) is 34.3 Å². The van der Waals surface area contributed by atoms with Crippen LogP contribution in [0.1, 0.15) is 12.0 Å². The second-order valence-electron chi connectivity index (χ2n) is 7.99. The van der Waals surface area contributed by atoms with Crippen LogP contribution in [-0.4, -0.2) is 51.0 Å². The van der Waals surface area contributed by atoms with E-state index in [1.807, 2.05) is 66.5 Å². The van der Waals surface area contributed by atoms with Crippen molar-refractivity contribution >= 4 is 86.4 Å². The van der Waals surface area contributed by atoms with Crippen LogP contribution in [0.15, 0.2) is 66.9 Å². The van der Waals surface area contributed by atoms with Crippen molar-refractivity contribution in [2.45, 2.75) is 16.4 Å². The standard InChI is InChI=1S/C25H24Cl3N5OS/c1-29-19-11-8-17(9-12-19)10-13-21(34)31-23(25(26,27)28)33-16-4-15-32(24(33)35)20-7-2-5-18-6-3-14-30-22(18)20/h2-3,5-14,23,29H,4,15-16H2,1H3,(H,31,34)/b13-10+. The molecule has 1 fully saturated rings. The van der Waals surface area contributed by atoms with Gasteiger partial charge in [-0.3, -0.25) is 9.78 Å². The molecule has 1 aliphatic heterocycles. The van der Waals surface area contributed by atoms with Crippen molar-refractivity contribution in [2.24, 2.45) is 0 Å². The fourth-order valence-corrected chi connectivity index (χ4v) is 4.87. The molecule has 10 heteroatoms. The fourth-order valence-electron chi connectivity index (χ4n) is 3.97. The number of fused-ring (bicyclic) bond motifs is 1. The molecule has 35 heavy (non-hydrogen) atoms. The number of amides is 1. The van der Waals surface area contributed by atoms with Crippen molar-refractivity contribution in [1.82, 2.24) is 15.2 Å². The minimum atomic E-state index is -1.82. The Kier molecular flexibility index (Phi) is 8.02. The SMILES string of the molecule is CNc1ccc(/C=C/C(=O)NC(N2CCCN(c3cccc4cccnc34)C2=S)C(Cl)(Cl)Cl)cc1. The van der Waals surface area contributed by atoms with E-state index in [1.165, 1.54) is 6.08 Å². The second-order valence-corrected chi connectivity index (χ2v) is 10.7. The summed E-state index contributed by atoms with van der Waals surface area (Å²) in [6, 6.07) is 17.5. The van der Waals surface area contributed by atoms with E-state index in [-0.39, 0.29) is 0 Å². The summed E-state index contributed by atoms with van der Waals surface area (Å²) in [5, 5.41) is 7.34. The number of thiocarbonyl (C=S) groups is 1. The van der Waals surface area contributed by atoms with Gasteiger partial charge in [0, 0.05) is 43.5 Å². The molecule has 2 heterocycles. The first kappa shape index (κ1) is 25.5. The van der Waals surface area contributed by atoms with E-state index >= 15 is 0 Å². The molecule has 0 radical (unpaired) electrons. The highest BCUT2D eigenvalue weighted by Crippen LogP contribution is 2.35. The molecule has 1 atom stereocenters. The van der Waals surface area contributed by atoms with Gasteiger partial charge in [-0.25, -0.2) is 0 Å². The third kappa shape index (κ3) is 5.98. The van der Waals surface area contributed by atoms with E-state index in [4.69, 9.17) is 47.0 Å². The van der Waals surface area contributed by atoms with Crippen molar-refractivity contribution in [2.75, 3.05) is 30.4 Å². The number of nitrogens with one attached hydrogen (secondary N) is 2. The quantitative estimate of drug-likeness (QED) is 0.238. The normalized spacial score (nSPS) is 15.5. The Morgan fingerprint density at radius 3 is 2.57 bits per heavy atom. The lowest BCUT2D eigenvalue weighted by Gasteiger charge is -2.44. The Morgan fingerprint density at radius 2 is 1.86 bits per heavy atom. The van der Waals surface area contributed by atoms with Gasteiger partial charge in [-0.1, -0.05) is 65.1 Å². The molecule has 6 nitrogen and oxygen atoms in total. The summed E-state index contributed by atoms with van der Waals surface area (Å²) in [6.07, 6.45) is 4.66. The number of nitrogens with zero attached hydrogens (tertiary/aromatic N) is 3. The van der Waals surface area contributed by atoms with Crippen LogP contribution in [0.25, 0.3) is 17.0 Å². The fraction of sp³-hybridized carbons (Fsp3) is 0.240. The molecule has 1 saturated heterocycles. The lowest BCUT2D eigenvalue weighted by molar-refractivity contribution is -0.117. The van der Waals surface area contributed by atoms with Crippen LogP contribution in [0.4, 0.5) is 11.4 Å². The topological polar surface area (TPSA) is 60.5 Å². The number of hydrogen-bond acceptors (Lipinski definition) is 4. The van der Waals surface area contributed by atoms with Gasteiger partial charge in [0.2, 0.25) is 9.70 Å². The summed E-state index contributed by atoms with van der Waals surface area (Å²) in [6.45, 7) is 1.22. The molecule has 0 aliphatic carbocycles. The molecule has 2 N–H and O–H groups in total. The largest absolute Gasteiger partial charge is 0.388 e. The number of anilines is 2. The molecular weight excluding hydrogens is 525 g/mol. The van der Waals surface area contributed by atoms with E-state index in [1.54, 1.807) is 17.2 Å². The molecule has 1 amide bonds. The predicted octanol–water partition coefficient (Wildman–Crippen LogP) is 5.60. The number of para-hydroxylation sites is 1. The smallest absolute Gasteiger partial charge is 0.245 e. The number of alkyl halides is 3. The monoisotopic (exact) mass is 547 g/mol. The number of benzene rings is 2. The van der Waals surface area contributed by atoms with E-state index < -0.39 is 15.9 Å². The van der Waals surface area contributed by atoms with Crippen LogP contribution in [-0.2, 0) is 4.79 Å². The minimum absolute atomic E-state index is 0.397. The number of hydrogen-bond donors (Lipinski definition) is 2. The highest BCUT2D eigenvalue weighted by atomic mass is 35.6. The summed E-state index contributed by atoms with van der Waals surface area (Å²) < 4.78 is -1.82. The van der Waals surface area contributed by atoms with E-state index in [9.17, 15) is 4.79 Å². The van der Waals surface area contributed by atoms with Gasteiger partial charge in [0.05, 0.1) is 11.2 Å². The first-order chi connectivity index (χ1) is 16.8. The van der Waals surface area contributed by atoms with Crippen molar-refractivity contribution < 1.29 is 4.79 Å². The van der Waals surface area contributed by atoms with Gasteiger partial charge in [-0.2, -0.15) is 0 Å². The third-order valence-electron chi connectivity index (χ3n) is 5.69. The molecule has 3 aromatic rings. The van der Waals surface area contributed by atoms with Crippen LogP contribution < -0.4 is 15.5 Å². The van der Waals surface area contributed by atoms with Gasteiger partial charge in [-0.15, -0.1) is 0 Å². The van der Waals surface area contributed by atoms with Gasteiger partial charge < -0.3 is 20.4 Å². The minimum Gasteiger partial charge on any atom is -0.388 e. The van der Waals surface area contributed by atoms with Crippen molar-refractivity contribution in [1.29, 1.82) is 0 Å². The molecule has 1 aliphatic rings. The van der Waals surface area contributed by atoms with Gasteiger partial charge in [-0.05, 0) is 54.5 Å². The molecule has 0 bridgehead atoms. The summed E-state index contributed by atoms with van der Waals surface area (Å²) in [5.74, 6) is -0.397. The van der Waals surface area contributed by atoms with Gasteiger partial charge in [0.1, 0.15) is 0 Å². The number of rotatable bonds is 6. The summed E-state index contributed by atoms with van der Waals surface area (Å²) >= 11 is 24.8. The maximum atomic E-state index is 12.8. The molecule has 2 aromatic carbocycles. The van der Waals surface area contributed by atoms with Gasteiger partial charge in [0.25, 0.3) is 0 Å². The average molecular weight is 549 g/mol. The second kappa shape index (κ2) is 11.0. The number of aromatic nitrogens is 1. The summed E-state index contributed by atoms with van der Waals surface area (Å²) in [5.41, 5.74) is 3.55. The predicted molar refractivity (Wildman–Crippen MR) is 150 cm³/mol. The molecular formula is C25H24Cl3N5OS. The van der Waals surface area contributed by atoms with E-state index in [0.29, 0.717) is 18.2 Å². The highest BCUT2D eigenvalue weighted by molar-refractivity contribution is 7.80. The van der Waals surface area contributed by atoms with Crippen LogP contribution in [0, 0.1) is 0 Å². The Hall–Kier alpha value is -2.58. The molecule has 182 valence electrons. The van der Waals surface area contributed by atoms with Crippen LogP contribution in [0.2, 0.25) is 0 Å². The highest BCUT2D eigenvalue weighted by Gasteiger charge is 2.42. The zero-order chi connectivity index (χ0) is 25.0. The zero-order valence-electron chi connectivity index (χ0n) is 18.9. The Morgan fingerprint density at radius 1 is 1.11 bits per heavy atom. The third-order valence-corrected chi connectivity index (χ3v) is 6.76. The first-order valence-electron chi connectivity index (χ1n) is 11.0. The van der Waals surface area contributed by atoms with Gasteiger partial charge >= 0.3 is 0 Å². The van der Waals surface area contributed by atoms with Crippen LogP contribution >= 0.6 is 47.0 Å². The van der Waals surface area contributed by atoms with Crippen molar-refractivity contribution in [3.05, 3.63) is 72.4 Å². The van der Waals surface area contributed by atoms with Crippen molar-refractivity contribution in [3.8, 4) is 0 Å². The number of carbonyl (C=O) groups excluding carboxylic acids is 1. The molecule has 0 spiro atoms. The first-order valence-corrected chi connectivity index (χ1v) is 12.6. The number of pyridine rings is 1. The zero-order valence-corrected chi connectivity index (χ0v) is 22.0. The summed E-state index contributed by atoms with van der Waals surface area (Å²) in [4.78, 5) is 21.1. The maximum absolute atomic E-state index is 12.8. The molecule has 0 saturated carbocycles. The van der Waals surface area contributed by atoms with E-state index in [2.05, 4.69) is 15.6 Å². The molecule has 1 unspecified atom stereocenters. The Balaban J connectivity index is 1.55. The van der Waals surface area contributed by atoms with Gasteiger partial charge in [0.15, 0.2) is 11.3 Å². The lowest BCUT2D eigenvalue weighted by Crippen LogP contribution is -2.62. The molecule has 4 rings (SSSR count). The Labute approximate surface area is 224 Å². The van der Waals surface area contributed by atoms with Crippen molar-refractivity contribution in [3.63, 3.8) is 0 Å². The Bertz CT molecular complexity index is 1240. The number of carbonyl (C=O) groups is 1.